The number of carbonyl (C=O) groups excluding carboxylic acids is 1. The Hall–Kier alpha value is -0.790. The normalized spacial score (nSPS) is 19.2. The third-order valence-electron chi connectivity index (χ3n) is 1.86. The molecule has 2 nitrogen and oxygen atoms in total. The third-order valence-corrected chi connectivity index (χ3v) is 1.86. The van der Waals surface area contributed by atoms with Crippen molar-refractivity contribution in [3.63, 3.8) is 0 Å². The summed E-state index contributed by atoms with van der Waals surface area (Å²) >= 11 is 0. The first kappa shape index (κ1) is 8.31. The molecule has 0 fully saturated rings. The van der Waals surface area contributed by atoms with Crippen LogP contribution in [-0.2, 0) is 4.79 Å². The quantitative estimate of drug-likeness (QED) is 0.517. The molecule has 2 heteroatoms. The van der Waals surface area contributed by atoms with E-state index in [0.29, 0.717) is 0 Å². The molecule has 0 N–H and O–H groups in total. The van der Waals surface area contributed by atoms with Crippen LogP contribution in [-0.4, -0.2) is 22.9 Å². The van der Waals surface area contributed by atoms with E-state index < -0.39 is 0 Å². The van der Waals surface area contributed by atoms with Gasteiger partial charge in [-0.1, -0.05) is 6.08 Å². The summed E-state index contributed by atoms with van der Waals surface area (Å²) in [6.45, 7) is 7.04. The van der Waals surface area contributed by atoms with Crippen LogP contribution < -0.4 is 0 Å². The van der Waals surface area contributed by atoms with Gasteiger partial charge in [0.1, 0.15) is 0 Å². The summed E-state index contributed by atoms with van der Waals surface area (Å²) in [5.74, 6) is 0.142. The summed E-state index contributed by atoms with van der Waals surface area (Å²) in [6.07, 6.45) is 4.59. The molecule has 0 unspecified atom stereocenters. The molecule has 0 spiro atoms. The molecule has 1 rings (SSSR count). The Kier molecular flexibility index (Phi) is 2.03. The van der Waals surface area contributed by atoms with Crippen LogP contribution in [0.15, 0.2) is 12.2 Å². The van der Waals surface area contributed by atoms with E-state index in [0.717, 1.165) is 13.0 Å². The van der Waals surface area contributed by atoms with E-state index in [1.807, 2.05) is 11.0 Å². The molecule has 62 valence electrons. The van der Waals surface area contributed by atoms with Crippen molar-refractivity contribution in [1.29, 1.82) is 0 Å². The van der Waals surface area contributed by atoms with Gasteiger partial charge in [-0.15, -0.1) is 0 Å². The first-order valence-electron chi connectivity index (χ1n) is 4.00. The lowest BCUT2D eigenvalue weighted by Gasteiger charge is -2.36. The molecule has 1 aliphatic heterocycles. The largest absolute Gasteiger partial charge is 0.334 e. The average Bonchev–Trinajstić information content (AvgIpc) is 1.86. The van der Waals surface area contributed by atoms with E-state index in [2.05, 4.69) is 20.8 Å². The molecule has 11 heavy (non-hydrogen) atoms. The minimum absolute atomic E-state index is 0.0259. The molecule has 0 radical (unpaired) electrons. The molecule has 1 heterocycles. The molecule has 1 aliphatic rings. The van der Waals surface area contributed by atoms with Crippen LogP contribution >= 0.6 is 0 Å². The fourth-order valence-electron chi connectivity index (χ4n) is 1.25. The Morgan fingerprint density at radius 3 is 2.45 bits per heavy atom. The molecule has 1 amide bonds. The zero-order valence-electron chi connectivity index (χ0n) is 7.42. The van der Waals surface area contributed by atoms with Gasteiger partial charge in [-0.25, -0.2) is 0 Å². The highest BCUT2D eigenvalue weighted by molar-refractivity contribution is 5.88. The zero-order chi connectivity index (χ0) is 8.48. The predicted octanol–water partition coefficient (Wildman–Crippen LogP) is 1.57. The van der Waals surface area contributed by atoms with Gasteiger partial charge in [0.25, 0.3) is 0 Å². The van der Waals surface area contributed by atoms with Crippen LogP contribution in [0.2, 0.25) is 0 Å². The van der Waals surface area contributed by atoms with E-state index in [4.69, 9.17) is 0 Å². The number of nitrogens with zero attached hydrogens (tertiary/aromatic N) is 1. The second-order valence-corrected chi connectivity index (χ2v) is 3.85. The minimum Gasteiger partial charge on any atom is -0.334 e. The fraction of sp³-hybridized carbons (Fsp3) is 0.667. The van der Waals surface area contributed by atoms with Crippen LogP contribution in [0, 0.1) is 0 Å². The van der Waals surface area contributed by atoms with Crippen LogP contribution in [0.1, 0.15) is 27.2 Å². The van der Waals surface area contributed by atoms with Gasteiger partial charge >= 0.3 is 0 Å². The average molecular weight is 153 g/mol. The van der Waals surface area contributed by atoms with Gasteiger partial charge in [0.15, 0.2) is 0 Å². The second-order valence-electron chi connectivity index (χ2n) is 3.85. The van der Waals surface area contributed by atoms with Crippen molar-refractivity contribution in [2.24, 2.45) is 0 Å². The van der Waals surface area contributed by atoms with E-state index in [-0.39, 0.29) is 11.4 Å². The SMILES string of the molecule is CC(C)(C)N1CCC=CC1=O. The van der Waals surface area contributed by atoms with Crippen molar-refractivity contribution in [2.75, 3.05) is 6.54 Å². The number of carbonyl (C=O) groups is 1. The standard InChI is InChI=1S/C9H15NO/c1-9(2,3)10-7-5-4-6-8(10)11/h4,6H,5,7H2,1-3H3. The monoisotopic (exact) mass is 153 g/mol. The van der Waals surface area contributed by atoms with Gasteiger partial charge < -0.3 is 4.90 Å². The van der Waals surface area contributed by atoms with Crippen LogP contribution in [0.3, 0.4) is 0 Å². The summed E-state index contributed by atoms with van der Waals surface area (Å²) in [6, 6.07) is 0. The van der Waals surface area contributed by atoms with E-state index in [1.54, 1.807) is 6.08 Å². The smallest absolute Gasteiger partial charge is 0.246 e. The predicted molar refractivity (Wildman–Crippen MR) is 45.2 cm³/mol. The van der Waals surface area contributed by atoms with Crippen molar-refractivity contribution in [1.82, 2.24) is 4.90 Å². The van der Waals surface area contributed by atoms with Gasteiger partial charge in [0.2, 0.25) is 5.91 Å². The Balaban J connectivity index is 2.74. The summed E-state index contributed by atoms with van der Waals surface area (Å²) in [7, 11) is 0. The lowest BCUT2D eigenvalue weighted by Crippen LogP contribution is -2.46. The van der Waals surface area contributed by atoms with Crippen LogP contribution in [0.25, 0.3) is 0 Å². The number of amides is 1. The maximum absolute atomic E-state index is 11.3. The third kappa shape index (κ3) is 1.82. The fourth-order valence-corrected chi connectivity index (χ4v) is 1.25. The number of hydrogen-bond donors (Lipinski definition) is 0. The maximum Gasteiger partial charge on any atom is 0.246 e. The van der Waals surface area contributed by atoms with Gasteiger partial charge in [0, 0.05) is 12.1 Å². The molecule has 0 aromatic heterocycles. The summed E-state index contributed by atoms with van der Waals surface area (Å²) in [4.78, 5) is 13.2. The van der Waals surface area contributed by atoms with E-state index in [1.165, 1.54) is 0 Å². The molecule has 0 aromatic carbocycles. The Morgan fingerprint density at radius 2 is 2.09 bits per heavy atom. The second kappa shape index (κ2) is 2.68. The van der Waals surface area contributed by atoms with E-state index >= 15 is 0 Å². The molecular weight excluding hydrogens is 138 g/mol. The van der Waals surface area contributed by atoms with Crippen LogP contribution in [0.4, 0.5) is 0 Å². The lowest BCUT2D eigenvalue weighted by molar-refractivity contribution is -0.131. The first-order chi connectivity index (χ1) is 5.02. The molecule has 0 saturated heterocycles. The highest BCUT2D eigenvalue weighted by Gasteiger charge is 2.25. The Morgan fingerprint density at radius 1 is 1.45 bits per heavy atom. The van der Waals surface area contributed by atoms with Crippen molar-refractivity contribution < 1.29 is 4.79 Å². The zero-order valence-corrected chi connectivity index (χ0v) is 7.42. The van der Waals surface area contributed by atoms with Crippen LogP contribution in [0.5, 0.6) is 0 Å². The van der Waals surface area contributed by atoms with Gasteiger partial charge in [-0.3, -0.25) is 4.79 Å². The highest BCUT2D eigenvalue weighted by Crippen LogP contribution is 2.16. The van der Waals surface area contributed by atoms with E-state index in [9.17, 15) is 4.79 Å². The number of hydrogen-bond acceptors (Lipinski definition) is 1. The van der Waals surface area contributed by atoms with Gasteiger partial charge in [-0.05, 0) is 33.3 Å². The molecular formula is C9H15NO. The molecule has 0 aromatic rings. The van der Waals surface area contributed by atoms with Gasteiger partial charge in [0.05, 0.1) is 0 Å². The van der Waals surface area contributed by atoms with Crippen molar-refractivity contribution in [2.45, 2.75) is 32.7 Å². The molecule has 0 atom stereocenters. The molecule has 0 bridgehead atoms. The minimum atomic E-state index is -0.0259. The summed E-state index contributed by atoms with van der Waals surface area (Å²) in [5, 5.41) is 0. The van der Waals surface area contributed by atoms with Crippen molar-refractivity contribution in [3.05, 3.63) is 12.2 Å². The Bertz CT molecular complexity index is 188. The highest BCUT2D eigenvalue weighted by atomic mass is 16.2. The topological polar surface area (TPSA) is 20.3 Å². The molecule has 0 saturated carbocycles. The summed E-state index contributed by atoms with van der Waals surface area (Å²) < 4.78 is 0. The summed E-state index contributed by atoms with van der Waals surface area (Å²) in [5.41, 5.74) is -0.0259. The van der Waals surface area contributed by atoms with Crippen molar-refractivity contribution in [3.8, 4) is 0 Å². The lowest BCUT2D eigenvalue weighted by atomic mass is 10.0. The maximum atomic E-state index is 11.3. The molecule has 0 aliphatic carbocycles. The van der Waals surface area contributed by atoms with Crippen molar-refractivity contribution >= 4 is 5.91 Å². The Labute approximate surface area is 67.9 Å². The van der Waals surface area contributed by atoms with Gasteiger partial charge in [-0.2, -0.15) is 0 Å². The number of rotatable bonds is 0. The first-order valence-corrected chi connectivity index (χ1v) is 4.00.